The third kappa shape index (κ3) is 4.08. The first-order chi connectivity index (χ1) is 15.8. The number of Topliss-reactive ketones (excluding diaryl/α,β-unsaturated/α-hetero) is 1. The van der Waals surface area contributed by atoms with E-state index >= 15 is 0 Å². The van der Waals surface area contributed by atoms with Crippen molar-refractivity contribution in [2.75, 3.05) is 5.75 Å². The van der Waals surface area contributed by atoms with E-state index in [1.54, 1.807) is 36.8 Å². The van der Waals surface area contributed by atoms with Crippen molar-refractivity contribution in [2.45, 2.75) is 10.6 Å². The van der Waals surface area contributed by atoms with Gasteiger partial charge in [0.15, 0.2) is 20.8 Å². The summed E-state index contributed by atoms with van der Waals surface area (Å²) in [6.07, 6.45) is 4.46. The number of carbonyl (C=O) groups is 1. The van der Waals surface area contributed by atoms with Gasteiger partial charge in [0.05, 0.1) is 17.4 Å². The highest BCUT2D eigenvalue weighted by Crippen LogP contribution is 2.22. The molecule has 0 saturated carbocycles. The fourth-order valence-electron chi connectivity index (χ4n) is 3.54. The van der Waals surface area contributed by atoms with Crippen LogP contribution in [0.15, 0.2) is 70.2 Å². The van der Waals surface area contributed by atoms with Gasteiger partial charge in [-0.15, -0.1) is 0 Å². The van der Waals surface area contributed by atoms with Crippen LogP contribution in [-0.2, 0) is 21.1 Å². The first kappa shape index (κ1) is 21.2. The minimum absolute atomic E-state index is 0.149. The van der Waals surface area contributed by atoms with Gasteiger partial charge in [0.2, 0.25) is 0 Å². The van der Waals surface area contributed by atoms with Crippen LogP contribution in [0.1, 0.15) is 5.56 Å². The minimum Gasteiger partial charge on any atom is -0.345 e. The van der Waals surface area contributed by atoms with Crippen molar-refractivity contribution in [2.24, 2.45) is 0 Å². The third-order valence-corrected chi connectivity index (χ3v) is 8.24. The normalized spacial score (nSPS) is 11.9. The van der Waals surface area contributed by atoms with Gasteiger partial charge in [-0.2, -0.15) is 4.39 Å². The molecule has 5 aromatic rings. The molecule has 11 heteroatoms. The summed E-state index contributed by atoms with van der Waals surface area (Å²) in [6.45, 7) is 0. The number of aromatic amines is 1. The molecule has 4 heterocycles. The van der Waals surface area contributed by atoms with Crippen molar-refractivity contribution in [3.8, 4) is 5.82 Å². The molecule has 0 unspecified atom stereocenters. The van der Waals surface area contributed by atoms with Gasteiger partial charge in [-0.25, -0.2) is 18.4 Å². The van der Waals surface area contributed by atoms with Crippen LogP contribution in [-0.4, -0.2) is 39.5 Å². The fraction of sp³-hybridized carbons (Fsp3) is 0.0909. The lowest BCUT2D eigenvalue weighted by molar-refractivity contribution is -0.116. The number of halogens is 1. The second-order valence-corrected chi connectivity index (χ2v) is 10.7. The van der Waals surface area contributed by atoms with Gasteiger partial charge in [0, 0.05) is 24.2 Å². The number of nitrogens with zero attached hydrogens (tertiary/aromatic N) is 3. The summed E-state index contributed by atoms with van der Waals surface area (Å²) < 4.78 is 38.8. The zero-order chi connectivity index (χ0) is 23.2. The molecule has 0 aliphatic heterocycles. The van der Waals surface area contributed by atoms with Crippen LogP contribution >= 0.6 is 11.3 Å². The van der Waals surface area contributed by atoms with E-state index in [1.165, 1.54) is 10.8 Å². The second kappa shape index (κ2) is 8.01. The number of hydrogen-bond donors (Lipinski definition) is 1. The quantitative estimate of drug-likeness (QED) is 0.398. The topological polar surface area (TPSA) is 115 Å². The van der Waals surface area contributed by atoms with Gasteiger partial charge >= 0.3 is 0 Å². The highest BCUT2D eigenvalue weighted by Gasteiger charge is 2.22. The molecule has 0 aliphatic rings. The number of rotatable bonds is 6. The number of fused-ring (bicyclic) bond motifs is 2. The number of benzene rings is 1. The second-order valence-electron chi connectivity index (χ2n) is 7.41. The molecule has 0 atom stereocenters. The zero-order valence-electron chi connectivity index (χ0n) is 16.9. The van der Waals surface area contributed by atoms with Crippen LogP contribution in [0, 0.1) is 5.13 Å². The maximum absolute atomic E-state index is 13.1. The maximum atomic E-state index is 13.1. The Hall–Kier alpha value is -3.70. The summed E-state index contributed by atoms with van der Waals surface area (Å²) in [5.74, 6) is -0.897. The van der Waals surface area contributed by atoms with Crippen LogP contribution in [0.5, 0.6) is 0 Å². The smallest absolute Gasteiger partial charge is 0.264 e. The lowest BCUT2D eigenvalue weighted by Crippen LogP contribution is -2.19. The van der Waals surface area contributed by atoms with Gasteiger partial charge in [0.25, 0.3) is 5.56 Å². The summed E-state index contributed by atoms with van der Waals surface area (Å²) in [5.41, 5.74) is 1.75. The molecule has 0 radical (unpaired) electrons. The number of pyridine rings is 2. The van der Waals surface area contributed by atoms with Crippen molar-refractivity contribution >= 4 is 48.8 Å². The third-order valence-electron chi connectivity index (χ3n) is 5.11. The van der Waals surface area contributed by atoms with Crippen LogP contribution < -0.4 is 5.56 Å². The number of nitrogens with one attached hydrogen (secondary N) is 1. The number of aromatic nitrogens is 4. The molecule has 0 bridgehead atoms. The number of hydrogen-bond acceptors (Lipinski definition) is 7. The van der Waals surface area contributed by atoms with E-state index in [9.17, 15) is 22.4 Å². The fourth-order valence-corrected chi connectivity index (χ4v) is 5.88. The molecule has 0 spiro atoms. The first-order valence-electron chi connectivity index (χ1n) is 9.74. The molecule has 4 aromatic heterocycles. The summed E-state index contributed by atoms with van der Waals surface area (Å²) in [4.78, 5) is 36.7. The Balaban J connectivity index is 1.36. The first-order valence-corrected chi connectivity index (χ1v) is 12.2. The van der Waals surface area contributed by atoms with Crippen molar-refractivity contribution in [3.63, 3.8) is 0 Å². The van der Waals surface area contributed by atoms with Crippen molar-refractivity contribution in [3.05, 3.63) is 82.2 Å². The lowest BCUT2D eigenvalue weighted by atomic mass is 10.1. The SMILES string of the molecule is O=C(Cc1ccc(-n2ccc3cc4[nH]cnc4cc3c2=O)nc1)CS(=O)(=O)c1ccc(F)s1. The van der Waals surface area contributed by atoms with E-state index in [2.05, 4.69) is 15.0 Å². The molecule has 0 amide bonds. The summed E-state index contributed by atoms with van der Waals surface area (Å²) in [6, 6.07) is 10.8. The van der Waals surface area contributed by atoms with Gasteiger partial charge in [-0.05, 0) is 47.3 Å². The molecule has 1 aromatic carbocycles. The Bertz CT molecular complexity index is 1690. The van der Waals surface area contributed by atoms with Crippen molar-refractivity contribution in [1.82, 2.24) is 19.5 Å². The van der Waals surface area contributed by atoms with Crippen molar-refractivity contribution in [1.29, 1.82) is 0 Å². The van der Waals surface area contributed by atoms with E-state index < -0.39 is 26.5 Å². The van der Waals surface area contributed by atoms with Gasteiger partial charge < -0.3 is 4.98 Å². The number of ketones is 1. The number of thiophene rings is 1. The molecule has 33 heavy (non-hydrogen) atoms. The summed E-state index contributed by atoms with van der Waals surface area (Å²) >= 11 is 0.488. The number of carbonyl (C=O) groups excluding carboxylic acids is 1. The molecule has 5 rings (SSSR count). The highest BCUT2D eigenvalue weighted by atomic mass is 32.2. The van der Waals surface area contributed by atoms with Gasteiger partial charge in [-0.1, -0.05) is 17.4 Å². The molecule has 8 nitrogen and oxygen atoms in total. The molecule has 0 aliphatic carbocycles. The Morgan fingerprint density at radius 1 is 1.12 bits per heavy atom. The highest BCUT2D eigenvalue weighted by molar-refractivity contribution is 7.94. The van der Waals surface area contributed by atoms with Crippen molar-refractivity contribution < 1.29 is 17.6 Å². The Morgan fingerprint density at radius 2 is 1.97 bits per heavy atom. The molecule has 0 saturated heterocycles. The minimum atomic E-state index is -3.89. The van der Waals surface area contributed by atoms with Crippen LogP contribution in [0.4, 0.5) is 4.39 Å². The van der Waals surface area contributed by atoms with E-state index in [4.69, 9.17) is 0 Å². The molecule has 166 valence electrons. The molecule has 1 N–H and O–H groups in total. The van der Waals surface area contributed by atoms with E-state index in [0.29, 0.717) is 33.6 Å². The monoisotopic (exact) mass is 482 g/mol. The van der Waals surface area contributed by atoms with E-state index in [0.717, 1.165) is 23.0 Å². The lowest BCUT2D eigenvalue weighted by Gasteiger charge is -2.08. The summed E-state index contributed by atoms with van der Waals surface area (Å²) in [7, 11) is -3.89. The number of H-pyrrole nitrogens is 1. The van der Waals surface area contributed by atoms with Crippen LogP contribution in [0.2, 0.25) is 0 Å². The van der Waals surface area contributed by atoms with E-state index in [1.807, 2.05) is 6.07 Å². The Morgan fingerprint density at radius 3 is 2.70 bits per heavy atom. The summed E-state index contributed by atoms with van der Waals surface area (Å²) in [5, 5.41) is 0.633. The number of sulfone groups is 1. The average Bonchev–Trinajstić information content (AvgIpc) is 3.42. The van der Waals surface area contributed by atoms with Gasteiger partial charge in [-0.3, -0.25) is 14.2 Å². The molecule has 0 fully saturated rings. The van der Waals surface area contributed by atoms with Gasteiger partial charge in [0.1, 0.15) is 15.8 Å². The molecular weight excluding hydrogens is 467 g/mol. The molecular formula is C22H15FN4O4S2. The predicted octanol–water partition coefficient (Wildman–Crippen LogP) is 3.05. The average molecular weight is 483 g/mol. The standard InChI is InChI=1S/C22H15FN4O4S2/c23-19-2-4-21(32-19)33(30,31)11-15(28)7-13-1-3-20(24-10-13)27-6-5-14-8-17-18(26-12-25-17)9-16(14)22(27)29/h1-6,8-10,12H,7,11H2,(H,25,26). The largest absolute Gasteiger partial charge is 0.345 e. The van der Waals surface area contributed by atoms with Crippen LogP contribution in [0.25, 0.3) is 27.6 Å². The maximum Gasteiger partial charge on any atom is 0.264 e. The Labute approximate surface area is 190 Å². The zero-order valence-corrected chi connectivity index (χ0v) is 18.5. The predicted molar refractivity (Wildman–Crippen MR) is 122 cm³/mol. The Kier molecular flexibility index (Phi) is 5.14. The van der Waals surface area contributed by atoms with E-state index in [-0.39, 0.29) is 16.2 Å². The van der Waals surface area contributed by atoms with Crippen LogP contribution in [0.3, 0.4) is 0 Å². The number of imidazole rings is 1.